The molecule has 2 aliphatic heterocycles. The van der Waals surface area contributed by atoms with E-state index >= 15 is 0 Å². The molecule has 29 heavy (non-hydrogen) atoms. The quantitative estimate of drug-likeness (QED) is 0.624. The summed E-state index contributed by atoms with van der Waals surface area (Å²) in [7, 11) is 2.19. The van der Waals surface area contributed by atoms with Crippen molar-refractivity contribution in [1.82, 2.24) is 14.5 Å². The molecule has 1 fully saturated rings. The smallest absolute Gasteiger partial charge is 0.144 e. The minimum absolute atomic E-state index is 0.0905. The molecule has 4 nitrogen and oxygen atoms in total. The number of hydrogen-bond acceptors (Lipinski definition) is 4. The lowest BCUT2D eigenvalue weighted by Gasteiger charge is -2.32. The van der Waals surface area contributed by atoms with E-state index in [0.29, 0.717) is 0 Å². The number of ether oxygens (including phenoxy) is 1. The molecule has 1 unspecified atom stereocenters. The van der Waals surface area contributed by atoms with Crippen molar-refractivity contribution in [3.05, 3.63) is 77.7 Å². The summed E-state index contributed by atoms with van der Waals surface area (Å²) in [6.07, 6.45) is 5.58. The topological polar surface area (TPSA) is 30.3 Å². The maximum absolute atomic E-state index is 6.76. The highest BCUT2D eigenvalue weighted by molar-refractivity contribution is 7.99. The van der Waals surface area contributed by atoms with E-state index < -0.39 is 0 Å². The molecule has 5 rings (SSSR count). The second-order valence-corrected chi connectivity index (χ2v) is 9.11. The minimum atomic E-state index is -0.0905. The Morgan fingerprint density at radius 2 is 1.72 bits per heavy atom. The number of nitrogens with zero attached hydrogens (tertiary/aromatic N) is 3. The fraction of sp³-hybridized carbons (Fsp3) is 0.375. The minimum Gasteiger partial charge on any atom is -0.362 e. The molecule has 1 aromatic heterocycles. The van der Waals surface area contributed by atoms with Gasteiger partial charge in [-0.25, -0.2) is 4.98 Å². The van der Waals surface area contributed by atoms with Gasteiger partial charge in [-0.1, -0.05) is 54.2 Å². The number of hydrogen-bond donors (Lipinski definition) is 0. The van der Waals surface area contributed by atoms with Gasteiger partial charge in [0.05, 0.1) is 6.10 Å². The lowest BCUT2D eigenvalue weighted by Crippen LogP contribution is -2.35. The summed E-state index contributed by atoms with van der Waals surface area (Å²) in [5, 5.41) is 1.04. The number of aromatic nitrogens is 2. The van der Waals surface area contributed by atoms with Crippen molar-refractivity contribution in [2.45, 2.75) is 47.9 Å². The molecule has 0 radical (unpaired) electrons. The molecule has 0 amide bonds. The van der Waals surface area contributed by atoms with Crippen LogP contribution >= 0.6 is 11.8 Å². The Hall–Kier alpha value is -2.08. The van der Waals surface area contributed by atoms with Crippen LogP contribution in [-0.4, -0.2) is 40.7 Å². The monoisotopic (exact) mass is 405 g/mol. The summed E-state index contributed by atoms with van der Waals surface area (Å²) in [6, 6.07) is 19.2. The molecule has 150 valence electrons. The number of rotatable bonds is 4. The highest BCUT2D eigenvalue weighted by Gasteiger charge is 2.30. The van der Waals surface area contributed by atoms with E-state index in [1.807, 2.05) is 0 Å². The fourth-order valence-corrected chi connectivity index (χ4v) is 5.15. The van der Waals surface area contributed by atoms with Crippen molar-refractivity contribution >= 4 is 11.8 Å². The van der Waals surface area contributed by atoms with Crippen LogP contribution in [0.2, 0.25) is 0 Å². The zero-order valence-corrected chi connectivity index (χ0v) is 17.6. The molecular formula is C24H27N3OS. The van der Waals surface area contributed by atoms with Crippen molar-refractivity contribution < 1.29 is 4.74 Å². The van der Waals surface area contributed by atoms with E-state index in [1.165, 1.54) is 16.0 Å². The van der Waals surface area contributed by atoms with E-state index in [2.05, 4.69) is 77.3 Å². The predicted molar refractivity (Wildman–Crippen MR) is 116 cm³/mol. The Bertz CT molecular complexity index is 963. The first kappa shape index (κ1) is 18.9. The standard InChI is InChI=1S/C24H27N3OS/c1-26-14-12-19(13-15-26)28-23-21-10-6-5-7-18(21)11-16-27-17-22(25-24(23)27)29-20-8-3-2-4-9-20/h2-10,17,19,23H,11-16H2,1H3. The molecule has 1 atom stereocenters. The molecule has 0 aliphatic carbocycles. The maximum atomic E-state index is 6.76. The number of likely N-dealkylation sites (tertiary alicyclic amines) is 1. The van der Waals surface area contributed by atoms with Gasteiger partial charge in [-0.05, 0) is 49.6 Å². The summed E-state index contributed by atoms with van der Waals surface area (Å²) in [6.45, 7) is 3.15. The van der Waals surface area contributed by atoms with Crippen molar-refractivity contribution in [3.8, 4) is 0 Å². The van der Waals surface area contributed by atoms with Crippen LogP contribution in [0.15, 0.2) is 70.7 Å². The summed E-state index contributed by atoms with van der Waals surface area (Å²) in [5.74, 6) is 1.05. The zero-order valence-electron chi connectivity index (χ0n) is 16.8. The molecule has 2 aliphatic rings. The van der Waals surface area contributed by atoms with Gasteiger partial charge >= 0.3 is 0 Å². The summed E-state index contributed by atoms with van der Waals surface area (Å²) < 4.78 is 9.07. The molecule has 3 aromatic rings. The molecule has 2 aromatic carbocycles. The van der Waals surface area contributed by atoms with E-state index in [-0.39, 0.29) is 12.2 Å². The Kier molecular flexibility index (Phi) is 5.44. The van der Waals surface area contributed by atoms with E-state index in [0.717, 1.165) is 49.7 Å². The molecule has 0 bridgehead atoms. The normalized spacial score (nSPS) is 20.1. The van der Waals surface area contributed by atoms with Crippen molar-refractivity contribution in [1.29, 1.82) is 0 Å². The number of fused-ring (bicyclic) bond motifs is 2. The molecule has 5 heteroatoms. The largest absolute Gasteiger partial charge is 0.362 e. The van der Waals surface area contributed by atoms with Crippen molar-refractivity contribution in [2.75, 3.05) is 20.1 Å². The average molecular weight is 406 g/mol. The van der Waals surface area contributed by atoms with Crippen LogP contribution in [0.1, 0.15) is 35.9 Å². The number of benzene rings is 2. The third kappa shape index (κ3) is 4.13. The molecule has 3 heterocycles. The van der Waals surface area contributed by atoms with Gasteiger partial charge in [-0.15, -0.1) is 0 Å². The van der Waals surface area contributed by atoms with E-state index in [1.54, 1.807) is 11.8 Å². The summed E-state index contributed by atoms with van der Waals surface area (Å²) >= 11 is 1.72. The van der Waals surface area contributed by atoms with Crippen LogP contribution in [0.5, 0.6) is 0 Å². The number of piperidine rings is 1. The van der Waals surface area contributed by atoms with Crippen LogP contribution in [0.4, 0.5) is 0 Å². The predicted octanol–water partition coefficient (Wildman–Crippen LogP) is 4.79. The van der Waals surface area contributed by atoms with Gasteiger partial charge in [0.15, 0.2) is 0 Å². The highest BCUT2D eigenvalue weighted by atomic mass is 32.2. The highest BCUT2D eigenvalue weighted by Crippen LogP contribution is 2.36. The first-order valence-corrected chi connectivity index (χ1v) is 11.3. The Morgan fingerprint density at radius 3 is 2.55 bits per heavy atom. The van der Waals surface area contributed by atoms with Gasteiger partial charge < -0.3 is 14.2 Å². The van der Waals surface area contributed by atoms with Crippen LogP contribution in [0.3, 0.4) is 0 Å². The third-order valence-corrected chi connectivity index (χ3v) is 6.85. The molecule has 0 spiro atoms. The van der Waals surface area contributed by atoms with Crippen molar-refractivity contribution in [2.24, 2.45) is 0 Å². The Balaban J connectivity index is 1.47. The molecule has 0 saturated carbocycles. The first-order chi connectivity index (χ1) is 14.3. The second kappa shape index (κ2) is 8.34. The van der Waals surface area contributed by atoms with Gasteiger partial charge in [0.25, 0.3) is 0 Å². The molecular weight excluding hydrogens is 378 g/mol. The fourth-order valence-electron chi connectivity index (χ4n) is 4.30. The first-order valence-electron chi connectivity index (χ1n) is 10.5. The second-order valence-electron chi connectivity index (χ2n) is 8.01. The Morgan fingerprint density at radius 1 is 0.966 bits per heavy atom. The van der Waals surface area contributed by atoms with Gasteiger partial charge in [0, 0.05) is 30.7 Å². The number of aryl methyl sites for hydroxylation is 2. The number of imidazole rings is 1. The van der Waals surface area contributed by atoms with Gasteiger partial charge in [0.1, 0.15) is 17.0 Å². The van der Waals surface area contributed by atoms with Gasteiger partial charge in [-0.2, -0.15) is 0 Å². The molecule has 1 saturated heterocycles. The lowest BCUT2D eigenvalue weighted by molar-refractivity contribution is -0.0276. The third-order valence-electron chi connectivity index (χ3n) is 5.94. The summed E-state index contributed by atoms with van der Waals surface area (Å²) in [4.78, 5) is 8.66. The van der Waals surface area contributed by atoms with Crippen LogP contribution in [-0.2, 0) is 17.7 Å². The Labute approximate surface area is 176 Å². The lowest BCUT2D eigenvalue weighted by atomic mass is 10.00. The van der Waals surface area contributed by atoms with Gasteiger partial charge in [-0.3, -0.25) is 0 Å². The van der Waals surface area contributed by atoms with Crippen molar-refractivity contribution in [3.63, 3.8) is 0 Å². The van der Waals surface area contributed by atoms with Gasteiger partial charge in [0.2, 0.25) is 0 Å². The SMILES string of the molecule is CN1CCC(OC2c3ccccc3CCn3cc(Sc4ccccc4)nc32)CC1. The zero-order chi connectivity index (χ0) is 19.6. The van der Waals surface area contributed by atoms with E-state index in [4.69, 9.17) is 9.72 Å². The van der Waals surface area contributed by atoms with E-state index in [9.17, 15) is 0 Å². The van der Waals surface area contributed by atoms with Crippen LogP contribution in [0.25, 0.3) is 0 Å². The van der Waals surface area contributed by atoms with Crippen LogP contribution < -0.4 is 0 Å². The summed E-state index contributed by atoms with van der Waals surface area (Å²) in [5.41, 5.74) is 2.67. The maximum Gasteiger partial charge on any atom is 0.144 e. The van der Waals surface area contributed by atoms with Crippen LogP contribution in [0, 0.1) is 0 Å². The average Bonchev–Trinajstić information content (AvgIpc) is 3.09. The molecule has 0 N–H and O–H groups in total.